The van der Waals surface area contributed by atoms with Crippen molar-refractivity contribution < 1.29 is 138 Å². The summed E-state index contributed by atoms with van der Waals surface area (Å²) in [6.45, 7) is 77.3. The predicted molar refractivity (Wildman–Crippen MR) is 525 cm³/mol. The maximum absolute atomic E-state index is 11.3. The first-order valence-electron chi connectivity index (χ1n) is 41.2. The molecule has 0 aliphatic heterocycles. The number of carbonyl (C=O) groups is 2. The van der Waals surface area contributed by atoms with Gasteiger partial charge in [-0.15, -0.1) is 0 Å². The maximum atomic E-state index is 11.3. The fourth-order valence-electron chi connectivity index (χ4n) is 5.72. The number of carbonyl (C=O) groups excluding carboxylic acids is 2. The van der Waals surface area contributed by atoms with Gasteiger partial charge in [-0.2, -0.15) is 0 Å². The van der Waals surface area contributed by atoms with E-state index >= 15 is 0 Å². The summed E-state index contributed by atoms with van der Waals surface area (Å²) in [6, 6.07) is 4.85. The van der Waals surface area contributed by atoms with Crippen molar-refractivity contribution in [3.8, 4) is 0 Å². The van der Waals surface area contributed by atoms with Gasteiger partial charge in [0.1, 0.15) is 13.2 Å². The molecule has 0 aromatic heterocycles. The summed E-state index contributed by atoms with van der Waals surface area (Å²) in [5, 5.41) is 0. The topological polar surface area (TPSA) is 423 Å². The molecule has 0 aliphatic carbocycles. The second-order valence-electron chi connectivity index (χ2n) is 14.6. The molecule has 8 radical (unpaired) electrons. The molecule has 0 fully saturated rings. The molecule has 10 N–H and O–H groups in total. The van der Waals surface area contributed by atoms with Crippen LogP contribution in [0.3, 0.4) is 0 Å². The van der Waals surface area contributed by atoms with Gasteiger partial charge in [0.05, 0.1) is 13.2 Å². The molecular weight excluding hydrogens is 1700 g/mol. The summed E-state index contributed by atoms with van der Waals surface area (Å²) in [4.78, 5) is 21.6. The van der Waals surface area contributed by atoms with Gasteiger partial charge in [-0.25, -0.2) is 4.79 Å². The van der Waals surface area contributed by atoms with Gasteiger partial charge < -0.3 is 126 Å². The van der Waals surface area contributed by atoms with E-state index in [1.807, 2.05) is 249 Å². The van der Waals surface area contributed by atoms with E-state index in [0.29, 0.717) is 39.4 Å². The molecule has 0 aromatic carbocycles. The molecule has 0 heterocycles. The SMILES string of the molecule is C=CC(=O)OCCOC.CC.CC.CC.CC.CC.CC.CC.CC.CC.CC.CC.CC.CC.CC.CC.CC.CC[Si](OC)(OC)OC.CC[Si](OC)(OC)OC.CC[Si](OC)(OC)OC.CC[Si](OC)(OC)OC.COCCOC(=O)CCCCCC[Si](OC)(OC)OC.CO[Si](CCCN)(OC)OC.O.O.O.O.[Al].[Al].[O]=[Al].[O]=[Al]. The van der Waals surface area contributed by atoms with E-state index < -0.39 is 58.8 Å². The van der Waals surface area contributed by atoms with Crippen molar-refractivity contribution in [2.75, 3.05) is 175 Å². The Morgan fingerprint density at radius 2 is 0.432 bits per heavy atom. The molecule has 0 saturated carbocycles. The van der Waals surface area contributed by atoms with Crippen molar-refractivity contribution in [2.45, 2.75) is 324 Å². The predicted octanol–water partition coefficient (Wildman–Crippen LogP) is 17.5. The summed E-state index contributed by atoms with van der Waals surface area (Å²) < 4.78 is 128. The van der Waals surface area contributed by atoms with Crippen LogP contribution in [0.25, 0.3) is 0 Å². The second-order valence-corrected chi connectivity index (χ2v) is 33.9. The van der Waals surface area contributed by atoms with E-state index in [4.69, 9.17) is 102 Å². The summed E-state index contributed by atoms with van der Waals surface area (Å²) in [5.74, 6) is -0.566. The Labute approximate surface area is 781 Å². The van der Waals surface area contributed by atoms with Crippen molar-refractivity contribution in [3.63, 3.8) is 0 Å². The molecular formula is C77H215Al4NO30Si6. The van der Waals surface area contributed by atoms with E-state index in [1.54, 1.807) is 142 Å². The summed E-state index contributed by atoms with van der Waals surface area (Å²) in [7, 11) is 18.7. The molecule has 0 unspecified atom stereocenters. The van der Waals surface area contributed by atoms with Gasteiger partial charge >= 0.3 is 105 Å². The van der Waals surface area contributed by atoms with Crippen molar-refractivity contribution in [1.29, 1.82) is 0 Å². The fraction of sp³-hybridized carbons (Fsp3) is 0.948. The van der Waals surface area contributed by atoms with Crippen LogP contribution in [0.15, 0.2) is 12.7 Å². The standard InChI is InChI=1S/C13H28O6Si.C6H17NO3Si.C6H10O3.4C5H14O3Si.16C2H6.4Al.4H2O.2O/c1-15-10-11-19-13(14)9-7-5-6-8-12-20(16-2,17-3)18-4;1-8-11(9-2,10-3)6-4-5-7;1-3-6(7)9-5-4-8-2;4*1-5-9(6-2,7-3)8-4;16*1-2;;;;;;;;;;/h5-12H2,1-4H3;4-7H2,1-3H3;3H,1,4-5H2,2H3;4*5H2,1-4H3;16*1-2H3;;;;;4*1H2;;. The molecule has 41 heteroatoms. The van der Waals surface area contributed by atoms with Gasteiger partial charge in [-0.05, 0) is 25.8 Å². The molecule has 31 nitrogen and oxygen atoms in total. The van der Waals surface area contributed by atoms with Crippen molar-refractivity contribution in [2.24, 2.45) is 5.73 Å². The molecule has 0 bridgehead atoms. The van der Waals surface area contributed by atoms with Gasteiger partial charge in [0.2, 0.25) is 0 Å². The zero-order chi connectivity index (χ0) is 96.4. The number of rotatable bonds is 39. The van der Waals surface area contributed by atoms with Crippen LogP contribution in [-0.4, -0.2) is 329 Å². The summed E-state index contributed by atoms with van der Waals surface area (Å²) in [6.07, 6.45) is 6.29. The van der Waals surface area contributed by atoms with Crippen molar-refractivity contribution in [1.82, 2.24) is 0 Å². The number of hydrogen-bond acceptors (Lipinski definition) is 27. The fourth-order valence-corrected chi connectivity index (χ4v) is 14.7. The Kier molecular flexibility index (Phi) is 425. The van der Waals surface area contributed by atoms with Gasteiger partial charge in [0.15, 0.2) is 0 Å². The minimum atomic E-state index is -2.43. The Hall–Kier alpha value is 0.711. The third kappa shape index (κ3) is 178. The number of methoxy groups -OCH3 is 2. The third-order valence-corrected chi connectivity index (χ3v) is 27.5. The Morgan fingerprint density at radius 3 is 0.568 bits per heavy atom. The van der Waals surface area contributed by atoms with Gasteiger partial charge in [0, 0.05) is 226 Å². The average molecular weight is 1910 g/mol. The first-order valence-corrected chi connectivity index (χ1v) is 53.7. The Balaban J connectivity index is -0.0000000243. The van der Waals surface area contributed by atoms with Crippen LogP contribution in [0.5, 0.6) is 0 Å². The Bertz CT molecular complexity index is 1140. The molecule has 0 amide bonds. The molecule has 744 valence electrons. The normalized spacial score (nSPS) is 8.26. The van der Waals surface area contributed by atoms with E-state index in [9.17, 15) is 9.59 Å². The van der Waals surface area contributed by atoms with Crippen LogP contribution < -0.4 is 5.73 Å². The molecule has 118 heavy (non-hydrogen) atoms. The number of esters is 2. The third-order valence-electron chi connectivity index (χ3n) is 10.9. The van der Waals surface area contributed by atoms with Gasteiger partial charge in [0.25, 0.3) is 0 Å². The van der Waals surface area contributed by atoms with E-state index in [2.05, 4.69) is 16.1 Å². The average Bonchev–Trinajstić information content (AvgIpc) is 0.926. The monoisotopic (exact) mass is 1910 g/mol. The second kappa shape index (κ2) is 234. The molecule has 0 spiro atoms. The molecule has 0 atom stereocenters. The quantitative estimate of drug-likeness (QED) is 0.0258. The number of nitrogens with two attached hydrogens (primary N) is 1. The molecule has 0 aliphatic rings. The van der Waals surface area contributed by atoms with E-state index in [1.165, 1.54) is 32.4 Å². The number of unbranched alkanes of at least 4 members (excludes halogenated alkanes) is 3. The molecule has 0 aromatic rings. The summed E-state index contributed by atoms with van der Waals surface area (Å²) in [5.41, 5.74) is 5.36. The minimum absolute atomic E-state index is 0. The van der Waals surface area contributed by atoms with Gasteiger partial charge in [-0.1, -0.05) is 269 Å². The zero-order valence-corrected chi connectivity index (χ0v) is 99.4. The van der Waals surface area contributed by atoms with Crippen LogP contribution in [0.4, 0.5) is 0 Å². The van der Waals surface area contributed by atoms with Crippen LogP contribution in [0.2, 0.25) is 36.3 Å². The van der Waals surface area contributed by atoms with E-state index in [0.717, 1.165) is 74.4 Å². The first-order chi connectivity index (χ1) is 54.2. The van der Waals surface area contributed by atoms with Gasteiger partial charge in [-0.3, -0.25) is 4.79 Å². The summed E-state index contributed by atoms with van der Waals surface area (Å²) >= 11 is 2.33. The number of ether oxygens (including phenoxy) is 4. The zero-order valence-electron chi connectivity index (χ0n) is 88.8. The molecule has 0 saturated heterocycles. The van der Waals surface area contributed by atoms with Crippen LogP contribution in [0.1, 0.15) is 288 Å². The van der Waals surface area contributed by atoms with Crippen LogP contribution in [-0.2, 0) is 116 Å². The van der Waals surface area contributed by atoms with Crippen LogP contribution >= 0.6 is 0 Å². The van der Waals surface area contributed by atoms with Crippen LogP contribution in [0, 0.1) is 0 Å². The Morgan fingerprint density at radius 1 is 0.271 bits per heavy atom. The number of hydrogen-bond donors (Lipinski definition) is 1. The van der Waals surface area contributed by atoms with Crippen molar-refractivity contribution in [3.05, 3.63) is 12.7 Å². The van der Waals surface area contributed by atoms with E-state index in [-0.39, 0.29) is 62.6 Å². The molecule has 0 rings (SSSR count). The first kappa shape index (κ1) is 214. The van der Waals surface area contributed by atoms with Crippen molar-refractivity contribution >= 4 is 132 Å².